The van der Waals surface area contributed by atoms with Crippen LogP contribution in [0.15, 0.2) is 73.2 Å². The van der Waals surface area contributed by atoms with Gasteiger partial charge in [-0.05, 0) is 57.8 Å². The van der Waals surface area contributed by atoms with Crippen LogP contribution in [-0.4, -0.2) is 30.3 Å². The summed E-state index contributed by atoms with van der Waals surface area (Å²) >= 11 is 0. The number of hydrogen-bond donors (Lipinski definition) is 1. The van der Waals surface area contributed by atoms with Crippen molar-refractivity contribution in [2.75, 3.05) is 0 Å². The molecule has 14 heteroatoms. The molecule has 2 aromatic heterocycles. The third-order valence-corrected chi connectivity index (χ3v) is 7.50. The van der Waals surface area contributed by atoms with Crippen molar-refractivity contribution in [1.82, 2.24) is 25.2 Å². The van der Waals surface area contributed by atoms with Crippen LogP contribution in [0.4, 0.5) is 26.3 Å². The maximum absolute atomic E-state index is 16.0. The molecule has 0 aliphatic rings. The van der Waals surface area contributed by atoms with E-state index >= 15 is 17.6 Å². The lowest BCUT2D eigenvalue weighted by Gasteiger charge is -2.35. The van der Waals surface area contributed by atoms with Crippen LogP contribution in [0.25, 0.3) is 0 Å². The van der Waals surface area contributed by atoms with Crippen molar-refractivity contribution in [3.63, 3.8) is 0 Å². The Morgan fingerprint density at radius 3 is 2.20 bits per heavy atom. The zero-order chi connectivity index (χ0) is 35.6. The van der Waals surface area contributed by atoms with E-state index in [4.69, 9.17) is 10.00 Å². The molecule has 0 fully saturated rings. The molecule has 0 amide bonds. The van der Waals surface area contributed by atoms with Gasteiger partial charge in [-0.1, -0.05) is 44.7 Å². The normalized spacial score (nSPS) is 12.8. The predicted molar refractivity (Wildman–Crippen MR) is 163 cm³/mol. The Morgan fingerprint density at radius 1 is 0.898 bits per heavy atom. The highest BCUT2D eigenvalue weighted by Gasteiger charge is 2.58. The van der Waals surface area contributed by atoms with Gasteiger partial charge in [-0.3, -0.25) is 4.98 Å². The van der Waals surface area contributed by atoms with E-state index in [1.54, 1.807) is 45.0 Å². The van der Waals surface area contributed by atoms with Crippen molar-refractivity contribution in [2.24, 2.45) is 0 Å². The van der Waals surface area contributed by atoms with Gasteiger partial charge >= 0.3 is 5.92 Å². The lowest BCUT2D eigenvalue weighted by molar-refractivity contribution is -0.207. The van der Waals surface area contributed by atoms with Crippen LogP contribution in [0.1, 0.15) is 59.8 Å². The van der Waals surface area contributed by atoms with Crippen LogP contribution < -0.4 is 4.74 Å². The standard InChI is InChI=1S/C35H26F6N6O2/c1-33(2,3)31-29(49-18-23-6-4-21(16-42)5-7-23)15-27(37)25(32(31)39)11-8-22-9-13-30(43-17-22)35(40,41)34(48,19-47-20-44-45-46-47)26-12-10-24(36)14-28(26)38/h4-7,9-10,12-15,17,20,48H,18-19H2,1-3H3/t34-/m1/s1. The van der Waals surface area contributed by atoms with Gasteiger partial charge in [0, 0.05) is 35.0 Å². The summed E-state index contributed by atoms with van der Waals surface area (Å²) in [7, 11) is 0. The molecule has 0 saturated heterocycles. The topological polar surface area (TPSA) is 110 Å². The third kappa shape index (κ3) is 7.10. The number of rotatable bonds is 8. The molecule has 3 aromatic carbocycles. The van der Waals surface area contributed by atoms with E-state index in [9.17, 15) is 13.9 Å². The smallest absolute Gasteiger partial charge is 0.323 e. The van der Waals surface area contributed by atoms with E-state index in [1.807, 2.05) is 6.07 Å². The molecule has 5 aromatic rings. The summed E-state index contributed by atoms with van der Waals surface area (Å²) < 4.78 is 98.1. The molecule has 5 rings (SSSR count). The van der Waals surface area contributed by atoms with E-state index in [-0.39, 0.29) is 23.5 Å². The number of alkyl halides is 2. The summed E-state index contributed by atoms with van der Waals surface area (Å²) in [6, 6.07) is 13.1. The van der Waals surface area contributed by atoms with E-state index in [1.165, 1.54) is 0 Å². The summed E-state index contributed by atoms with van der Waals surface area (Å²) in [5, 5.41) is 30.4. The van der Waals surface area contributed by atoms with Crippen LogP contribution in [-0.2, 0) is 30.1 Å². The molecule has 1 N–H and O–H groups in total. The second-order valence-electron chi connectivity index (χ2n) is 12.0. The average Bonchev–Trinajstić information content (AvgIpc) is 3.56. The van der Waals surface area contributed by atoms with Crippen molar-refractivity contribution < 1.29 is 36.2 Å². The van der Waals surface area contributed by atoms with E-state index in [0.29, 0.717) is 29.3 Å². The van der Waals surface area contributed by atoms with Gasteiger partial charge in [0.05, 0.1) is 23.7 Å². The zero-order valence-electron chi connectivity index (χ0n) is 26.1. The van der Waals surface area contributed by atoms with Crippen molar-refractivity contribution >= 4 is 0 Å². The lowest BCUT2D eigenvalue weighted by Crippen LogP contribution is -2.48. The number of aromatic nitrogens is 5. The predicted octanol–water partition coefficient (Wildman–Crippen LogP) is 6.45. The first-order chi connectivity index (χ1) is 23.1. The van der Waals surface area contributed by atoms with Crippen molar-refractivity contribution in [3.05, 3.63) is 136 Å². The fourth-order valence-corrected chi connectivity index (χ4v) is 5.03. The second kappa shape index (κ2) is 13.4. The number of hydrogen-bond acceptors (Lipinski definition) is 7. The third-order valence-electron chi connectivity index (χ3n) is 7.50. The van der Waals surface area contributed by atoms with Gasteiger partial charge in [0.15, 0.2) is 5.60 Å². The summed E-state index contributed by atoms with van der Waals surface area (Å²) in [6.07, 6.45) is 1.82. The number of tetrazole rings is 1. The van der Waals surface area contributed by atoms with Crippen LogP contribution in [0.5, 0.6) is 5.75 Å². The maximum atomic E-state index is 16.0. The van der Waals surface area contributed by atoms with Crippen LogP contribution in [0.2, 0.25) is 0 Å². The molecule has 2 heterocycles. The van der Waals surface area contributed by atoms with Gasteiger partial charge in [-0.25, -0.2) is 22.2 Å². The Morgan fingerprint density at radius 2 is 1.61 bits per heavy atom. The highest BCUT2D eigenvalue weighted by Crippen LogP contribution is 2.46. The number of ether oxygens (including phenoxy) is 1. The van der Waals surface area contributed by atoms with Gasteiger partial charge in [0.1, 0.15) is 47.6 Å². The molecule has 0 aliphatic heterocycles. The Kier molecular flexibility index (Phi) is 9.47. The van der Waals surface area contributed by atoms with Crippen LogP contribution in [0, 0.1) is 46.4 Å². The van der Waals surface area contributed by atoms with E-state index in [2.05, 4.69) is 32.4 Å². The quantitative estimate of drug-likeness (QED) is 0.149. The molecule has 0 aliphatic carbocycles. The van der Waals surface area contributed by atoms with E-state index < -0.39 is 63.6 Å². The van der Waals surface area contributed by atoms with Crippen LogP contribution >= 0.6 is 0 Å². The summed E-state index contributed by atoms with van der Waals surface area (Å²) in [6.45, 7) is 4.05. The molecular weight excluding hydrogens is 650 g/mol. The minimum absolute atomic E-state index is 0.0196. The van der Waals surface area contributed by atoms with Gasteiger partial charge in [0.25, 0.3) is 0 Å². The van der Waals surface area contributed by atoms with Crippen LogP contribution in [0.3, 0.4) is 0 Å². The molecule has 250 valence electrons. The first-order valence-corrected chi connectivity index (χ1v) is 14.5. The monoisotopic (exact) mass is 676 g/mol. The highest BCUT2D eigenvalue weighted by atomic mass is 19.3. The molecule has 0 saturated carbocycles. The maximum Gasteiger partial charge on any atom is 0.323 e. The van der Waals surface area contributed by atoms with E-state index in [0.717, 1.165) is 35.4 Å². The molecule has 0 spiro atoms. The fourth-order valence-electron chi connectivity index (χ4n) is 5.03. The average molecular weight is 677 g/mol. The number of halogens is 6. The fraction of sp³-hybridized carbons (Fsp3) is 0.229. The minimum Gasteiger partial charge on any atom is -0.488 e. The molecule has 0 bridgehead atoms. The molecule has 8 nitrogen and oxygen atoms in total. The number of benzene rings is 3. The summed E-state index contributed by atoms with van der Waals surface area (Å²) in [5.41, 5.74) is -5.61. The zero-order valence-corrected chi connectivity index (χ0v) is 26.1. The Hall–Kier alpha value is -5.73. The molecular formula is C35H26F6N6O2. The van der Waals surface area contributed by atoms with Crippen molar-refractivity contribution in [1.29, 1.82) is 5.26 Å². The number of aliphatic hydroxyl groups is 1. The van der Waals surface area contributed by atoms with Gasteiger partial charge in [-0.2, -0.15) is 14.0 Å². The number of nitrogens with zero attached hydrogens (tertiary/aromatic N) is 6. The van der Waals surface area contributed by atoms with Gasteiger partial charge in [0.2, 0.25) is 0 Å². The summed E-state index contributed by atoms with van der Waals surface area (Å²) in [4.78, 5) is 3.72. The SMILES string of the molecule is CC(C)(C)c1c(OCc2ccc(C#N)cc2)cc(F)c(C#Cc2ccc(C(F)(F)[C@@](O)(Cn3cnnn3)c3ccc(F)cc3F)nc2)c1F. The van der Waals surface area contributed by atoms with Gasteiger partial charge in [-0.15, -0.1) is 5.10 Å². The largest absolute Gasteiger partial charge is 0.488 e. The Balaban J connectivity index is 1.46. The molecule has 1 atom stereocenters. The first kappa shape index (κ1) is 34.6. The number of nitriles is 1. The number of pyridine rings is 1. The Bertz CT molecular complexity index is 2080. The van der Waals surface area contributed by atoms with Gasteiger partial charge < -0.3 is 9.84 Å². The highest BCUT2D eigenvalue weighted by molar-refractivity contribution is 5.52. The minimum atomic E-state index is -4.31. The molecule has 49 heavy (non-hydrogen) atoms. The molecule has 0 unspecified atom stereocenters. The Labute approximate surface area is 276 Å². The molecule has 0 radical (unpaired) electrons. The lowest BCUT2D eigenvalue weighted by atomic mass is 9.84. The van der Waals surface area contributed by atoms with Crippen molar-refractivity contribution in [3.8, 4) is 23.7 Å². The van der Waals surface area contributed by atoms with Crippen molar-refractivity contribution in [2.45, 2.75) is 50.9 Å². The second-order valence-corrected chi connectivity index (χ2v) is 12.0. The first-order valence-electron chi connectivity index (χ1n) is 14.5. The summed E-state index contributed by atoms with van der Waals surface area (Å²) in [5.74, 6) is -3.93.